The zero-order valence-electron chi connectivity index (χ0n) is 22.3. The predicted molar refractivity (Wildman–Crippen MR) is 134 cm³/mol. The van der Waals surface area contributed by atoms with Crippen LogP contribution in [0.25, 0.3) is 0 Å². The van der Waals surface area contributed by atoms with Crippen molar-refractivity contribution in [3.05, 3.63) is 23.8 Å². The zero-order chi connectivity index (χ0) is 27.3. The van der Waals surface area contributed by atoms with E-state index in [0.717, 1.165) is 19.3 Å². The molecule has 9 heteroatoms. The molecule has 2 fully saturated rings. The fourth-order valence-corrected chi connectivity index (χ4v) is 4.74. The molecule has 1 saturated carbocycles. The molecule has 0 radical (unpaired) electrons. The van der Waals surface area contributed by atoms with E-state index < -0.39 is 49.0 Å². The van der Waals surface area contributed by atoms with E-state index in [0.29, 0.717) is 50.7 Å². The number of carbonyl (C=O) groups is 3. The van der Waals surface area contributed by atoms with Crippen LogP contribution in [0.3, 0.4) is 0 Å². The first kappa shape index (κ1) is 31.1. The summed E-state index contributed by atoms with van der Waals surface area (Å²) < 4.78 is 50.9. The number of ketones is 1. The molecule has 37 heavy (non-hydrogen) atoms. The molecule has 0 aromatic heterocycles. The highest BCUT2D eigenvalue weighted by atomic mass is 19.3. The van der Waals surface area contributed by atoms with Crippen molar-refractivity contribution in [2.45, 2.75) is 115 Å². The summed E-state index contributed by atoms with van der Waals surface area (Å²) >= 11 is 0. The summed E-state index contributed by atoms with van der Waals surface area (Å²) in [5.74, 6) is -5.51. The Labute approximate surface area is 218 Å². The second-order valence-electron chi connectivity index (χ2n) is 9.73. The third-order valence-corrected chi connectivity index (χ3v) is 6.78. The lowest BCUT2D eigenvalue weighted by molar-refractivity contribution is -0.181. The maximum Gasteiger partial charge on any atom is 0.305 e. The van der Waals surface area contributed by atoms with Crippen LogP contribution in [-0.2, 0) is 33.3 Å². The minimum atomic E-state index is -3.38. The van der Waals surface area contributed by atoms with E-state index in [1.807, 2.05) is 12.2 Å². The minimum Gasteiger partial charge on any atom is -0.469 e. The van der Waals surface area contributed by atoms with Crippen LogP contribution >= 0.6 is 0 Å². The van der Waals surface area contributed by atoms with Gasteiger partial charge >= 0.3 is 17.9 Å². The van der Waals surface area contributed by atoms with Gasteiger partial charge in [-0.3, -0.25) is 14.4 Å². The van der Waals surface area contributed by atoms with Gasteiger partial charge in [-0.25, -0.2) is 0 Å². The van der Waals surface area contributed by atoms with Gasteiger partial charge in [0.25, 0.3) is 0 Å². The zero-order valence-corrected chi connectivity index (χ0v) is 22.3. The Bertz CT molecular complexity index is 802. The van der Waals surface area contributed by atoms with Gasteiger partial charge in [-0.1, -0.05) is 31.6 Å². The van der Waals surface area contributed by atoms with Gasteiger partial charge < -0.3 is 18.9 Å². The normalized spacial score (nSPS) is 25.5. The topological polar surface area (TPSA) is 88.1 Å². The molecule has 1 aliphatic heterocycles. The average Bonchev–Trinajstić information content (AvgIpc) is 3.18. The lowest BCUT2D eigenvalue weighted by Gasteiger charge is -2.27. The largest absolute Gasteiger partial charge is 0.469 e. The van der Waals surface area contributed by atoms with Gasteiger partial charge in [0.05, 0.1) is 13.2 Å². The summed E-state index contributed by atoms with van der Waals surface area (Å²) in [6.45, 7) is 3.72. The number of halogens is 2. The number of hydrogen-bond acceptors (Lipinski definition) is 7. The number of hydrogen-bond donors (Lipinski definition) is 0. The summed E-state index contributed by atoms with van der Waals surface area (Å²) in [6, 6.07) is 0. The second-order valence-corrected chi connectivity index (χ2v) is 9.73. The van der Waals surface area contributed by atoms with Crippen molar-refractivity contribution in [2.24, 2.45) is 5.92 Å². The van der Waals surface area contributed by atoms with Crippen LogP contribution in [0.1, 0.15) is 90.9 Å². The smallest absolute Gasteiger partial charge is 0.305 e. The first-order valence-corrected chi connectivity index (χ1v) is 13.4. The molecule has 7 nitrogen and oxygen atoms in total. The van der Waals surface area contributed by atoms with Gasteiger partial charge in [0.15, 0.2) is 6.29 Å². The van der Waals surface area contributed by atoms with Crippen molar-refractivity contribution in [2.75, 3.05) is 13.7 Å². The summed E-state index contributed by atoms with van der Waals surface area (Å²) in [7, 11) is 1.35. The van der Waals surface area contributed by atoms with Crippen LogP contribution in [0.15, 0.2) is 23.8 Å². The lowest BCUT2D eigenvalue weighted by atomic mass is 9.93. The van der Waals surface area contributed by atoms with Crippen molar-refractivity contribution in [1.29, 1.82) is 0 Å². The highest BCUT2D eigenvalue weighted by Gasteiger charge is 2.43. The van der Waals surface area contributed by atoms with E-state index in [1.54, 1.807) is 13.0 Å². The number of Topliss-reactive ketones (excluding diaryl/α,β-unsaturated/α-hetero) is 1. The van der Waals surface area contributed by atoms with Crippen LogP contribution in [0.5, 0.6) is 0 Å². The molecule has 4 atom stereocenters. The standard InChI is InChI=1S/C28H42F2O7/c1-4-5-17-28(29,30)25(32)16-15-22-21(12-8-6-7-9-13-26(33)34-3)23(36-20(2)31)19-24(22)37-27-14-10-11-18-35-27/h6,8,15,21,23-24,27H,4-5,7,9-14,16-19H2,1-3H3/t21-,23+,24-,27?/m1/s1. The Kier molecular flexibility index (Phi) is 13.4. The number of ether oxygens (including phenoxy) is 4. The van der Waals surface area contributed by atoms with Crippen LogP contribution in [-0.4, -0.2) is 55.9 Å². The van der Waals surface area contributed by atoms with E-state index >= 15 is 0 Å². The Balaban J connectivity index is 2.19. The monoisotopic (exact) mass is 528 g/mol. The maximum absolute atomic E-state index is 14.4. The lowest BCUT2D eigenvalue weighted by Crippen LogP contribution is -2.29. The maximum atomic E-state index is 14.4. The Morgan fingerprint density at radius 3 is 2.59 bits per heavy atom. The molecule has 2 rings (SSSR count). The van der Waals surface area contributed by atoms with Crippen molar-refractivity contribution in [3.8, 4) is 0 Å². The van der Waals surface area contributed by atoms with Crippen molar-refractivity contribution < 1.29 is 42.1 Å². The van der Waals surface area contributed by atoms with Gasteiger partial charge in [0, 0.05) is 45.1 Å². The van der Waals surface area contributed by atoms with Crippen molar-refractivity contribution in [3.63, 3.8) is 0 Å². The van der Waals surface area contributed by atoms with Crippen LogP contribution < -0.4 is 0 Å². The Morgan fingerprint density at radius 2 is 1.95 bits per heavy atom. The molecule has 0 spiro atoms. The number of methoxy groups -OCH3 is 1. The van der Waals surface area contributed by atoms with Gasteiger partial charge in [0.2, 0.25) is 5.78 Å². The van der Waals surface area contributed by atoms with Gasteiger partial charge in [0.1, 0.15) is 6.10 Å². The van der Waals surface area contributed by atoms with Crippen molar-refractivity contribution >= 4 is 17.7 Å². The quantitative estimate of drug-likeness (QED) is 0.150. The number of rotatable bonds is 15. The molecule has 0 bridgehead atoms. The highest BCUT2D eigenvalue weighted by molar-refractivity contribution is 5.86. The third kappa shape index (κ3) is 10.6. The third-order valence-electron chi connectivity index (χ3n) is 6.78. The van der Waals surface area contributed by atoms with E-state index in [4.69, 9.17) is 14.2 Å². The van der Waals surface area contributed by atoms with E-state index in [9.17, 15) is 23.2 Å². The van der Waals surface area contributed by atoms with Gasteiger partial charge in [-0.15, -0.1) is 0 Å². The summed E-state index contributed by atoms with van der Waals surface area (Å²) in [6.07, 6.45) is 9.08. The van der Waals surface area contributed by atoms with Crippen LogP contribution in [0.4, 0.5) is 8.78 Å². The molecule has 1 aliphatic carbocycles. The molecule has 1 unspecified atom stereocenters. The summed E-state index contributed by atoms with van der Waals surface area (Å²) in [4.78, 5) is 35.5. The summed E-state index contributed by atoms with van der Waals surface area (Å²) in [5, 5.41) is 0. The first-order chi connectivity index (χ1) is 17.7. The van der Waals surface area contributed by atoms with Crippen LogP contribution in [0.2, 0.25) is 0 Å². The molecule has 2 aliphatic rings. The molecular formula is C28H42F2O7. The SMILES string of the molecule is CCCCC(F)(F)C(=O)CC=C1[C@@H](CC=CCCCC(=O)OC)[C@@H](OC(C)=O)C[C@H]1OC1CCCCO1. The fraction of sp³-hybridized carbons (Fsp3) is 0.750. The number of allylic oxidation sites excluding steroid dienone is 3. The summed E-state index contributed by atoms with van der Waals surface area (Å²) in [5.41, 5.74) is 0.694. The molecule has 210 valence electrons. The fourth-order valence-electron chi connectivity index (χ4n) is 4.74. The number of carbonyl (C=O) groups excluding carboxylic acids is 3. The van der Waals surface area contributed by atoms with Gasteiger partial charge in [-0.2, -0.15) is 8.78 Å². The van der Waals surface area contributed by atoms with Gasteiger partial charge in [-0.05, 0) is 50.5 Å². The van der Waals surface area contributed by atoms with E-state index in [1.165, 1.54) is 14.0 Å². The van der Waals surface area contributed by atoms with Crippen molar-refractivity contribution in [1.82, 2.24) is 0 Å². The Hall–Kier alpha value is -2.13. The molecule has 0 N–H and O–H groups in total. The molecule has 1 saturated heterocycles. The molecule has 0 aromatic rings. The molecular weight excluding hydrogens is 486 g/mol. The molecule has 1 heterocycles. The number of esters is 2. The van der Waals surface area contributed by atoms with Crippen LogP contribution in [0, 0.1) is 5.92 Å². The number of alkyl halides is 2. The minimum absolute atomic E-state index is 0.269. The first-order valence-electron chi connectivity index (χ1n) is 13.4. The Morgan fingerprint density at radius 1 is 1.16 bits per heavy atom. The average molecular weight is 529 g/mol. The highest BCUT2D eigenvalue weighted by Crippen LogP contribution is 2.40. The predicted octanol–water partition coefficient (Wildman–Crippen LogP) is 5.85. The molecule has 0 amide bonds. The second kappa shape index (κ2) is 16.0. The number of unbranched alkanes of at least 4 members (excludes halogenated alkanes) is 2. The van der Waals surface area contributed by atoms with E-state index in [-0.39, 0.29) is 18.3 Å². The van der Waals surface area contributed by atoms with E-state index in [2.05, 4.69) is 4.74 Å². The molecule has 0 aromatic carbocycles.